The van der Waals surface area contributed by atoms with Crippen LogP contribution in [0.25, 0.3) is 11.1 Å². The summed E-state index contributed by atoms with van der Waals surface area (Å²) < 4.78 is 5.07. The fourth-order valence-electron chi connectivity index (χ4n) is 4.91. The van der Waals surface area contributed by atoms with Gasteiger partial charge in [0.25, 0.3) is 0 Å². The van der Waals surface area contributed by atoms with Gasteiger partial charge in [-0.15, -0.1) is 0 Å². The lowest BCUT2D eigenvalue weighted by Gasteiger charge is -2.41. The van der Waals surface area contributed by atoms with Crippen LogP contribution in [-0.4, -0.2) is 86.6 Å². The van der Waals surface area contributed by atoms with E-state index in [9.17, 15) is 14.9 Å². The molecule has 1 N–H and O–H groups in total. The summed E-state index contributed by atoms with van der Waals surface area (Å²) in [5.74, 6) is 0.950. The lowest BCUT2D eigenvalue weighted by molar-refractivity contribution is -0.134. The van der Waals surface area contributed by atoms with Crippen LogP contribution >= 0.6 is 0 Å². The van der Waals surface area contributed by atoms with Crippen molar-refractivity contribution in [2.24, 2.45) is 0 Å². The van der Waals surface area contributed by atoms with Crippen molar-refractivity contribution in [1.29, 1.82) is 5.26 Å². The van der Waals surface area contributed by atoms with E-state index in [0.717, 1.165) is 29.7 Å². The molecule has 1 aliphatic carbocycles. The standard InChI is InChI=1S/C30H38N6O3/c1-21-20-35(14-15-36(21)28(38)12-16-39-4)30-24(19-31)18-26(29(33-30)22-10-11-22)23-7-5-8-25(17-23)32-27(37)9-6-13-34(2)3/h5-9,17-18,21-22H,10-16,20H2,1-4H3,(H,32,37)/b9-6+/t21-/m1/s1. The fourth-order valence-corrected chi connectivity index (χ4v) is 4.91. The first-order valence-electron chi connectivity index (χ1n) is 13.5. The smallest absolute Gasteiger partial charge is 0.248 e. The topological polar surface area (TPSA) is 102 Å². The monoisotopic (exact) mass is 530 g/mol. The molecule has 9 heteroatoms. The molecule has 2 aliphatic rings. The van der Waals surface area contributed by atoms with Crippen molar-refractivity contribution in [2.45, 2.75) is 38.1 Å². The third kappa shape index (κ3) is 7.22. The Morgan fingerprint density at radius 3 is 2.72 bits per heavy atom. The maximum atomic E-state index is 12.6. The van der Waals surface area contributed by atoms with Crippen molar-refractivity contribution in [1.82, 2.24) is 14.8 Å². The minimum Gasteiger partial charge on any atom is -0.384 e. The minimum atomic E-state index is -0.184. The summed E-state index contributed by atoms with van der Waals surface area (Å²) in [6.07, 6.45) is 5.86. The van der Waals surface area contributed by atoms with E-state index in [0.29, 0.717) is 62.2 Å². The average molecular weight is 531 g/mol. The molecule has 2 heterocycles. The number of carbonyl (C=O) groups is 2. The summed E-state index contributed by atoms with van der Waals surface area (Å²) >= 11 is 0. The van der Waals surface area contributed by atoms with Crippen molar-refractivity contribution in [2.75, 3.05) is 64.2 Å². The van der Waals surface area contributed by atoms with Gasteiger partial charge in [-0.3, -0.25) is 9.59 Å². The van der Waals surface area contributed by atoms with Crippen LogP contribution in [0.5, 0.6) is 0 Å². The van der Waals surface area contributed by atoms with Gasteiger partial charge in [-0.05, 0) is 57.6 Å². The molecule has 206 valence electrons. The summed E-state index contributed by atoms with van der Waals surface area (Å²) in [6.45, 7) is 4.96. The highest BCUT2D eigenvalue weighted by Crippen LogP contribution is 2.45. The zero-order chi connectivity index (χ0) is 27.9. The fraction of sp³-hybridized carbons (Fsp3) is 0.467. The van der Waals surface area contributed by atoms with E-state index in [4.69, 9.17) is 9.72 Å². The molecule has 2 aromatic rings. The van der Waals surface area contributed by atoms with Gasteiger partial charge in [0.05, 0.1) is 24.3 Å². The van der Waals surface area contributed by atoms with E-state index in [-0.39, 0.29) is 17.9 Å². The largest absolute Gasteiger partial charge is 0.384 e. The van der Waals surface area contributed by atoms with E-state index in [1.165, 1.54) is 0 Å². The lowest BCUT2D eigenvalue weighted by Crippen LogP contribution is -2.54. The SMILES string of the molecule is COCCC(=O)N1CCN(c2nc(C3CC3)c(-c3cccc(NC(=O)/C=C/CN(C)C)c3)cc2C#N)C[C@H]1C. The summed E-state index contributed by atoms with van der Waals surface area (Å²) in [4.78, 5) is 36.1. The molecule has 4 rings (SSSR count). The molecule has 0 radical (unpaired) electrons. The molecule has 1 aliphatic heterocycles. The normalized spacial score (nSPS) is 17.5. The second-order valence-electron chi connectivity index (χ2n) is 10.5. The molecule has 2 amide bonds. The number of pyridine rings is 1. The predicted octanol–water partition coefficient (Wildman–Crippen LogP) is 3.63. The molecule has 1 saturated heterocycles. The molecular weight excluding hydrogens is 492 g/mol. The van der Waals surface area contributed by atoms with Crippen LogP contribution in [-0.2, 0) is 14.3 Å². The van der Waals surface area contributed by atoms with Crippen molar-refractivity contribution < 1.29 is 14.3 Å². The molecule has 9 nitrogen and oxygen atoms in total. The molecular formula is C30H38N6O3. The first-order valence-corrected chi connectivity index (χ1v) is 13.5. The van der Waals surface area contributed by atoms with Crippen LogP contribution in [0.15, 0.2) is 42.5 Å². The third-order valence-corrected chi connectivity index (χ3v) is 7.06. The van der Waals surface area contributed by atoms with Gasteiger partial charge in [-0.1, -0.05) is 18.2 Å². The number of benzene rings is 1. The number of nitrogens with zero attached hydrogens (tertiary/aromatic N) is 5. The van der Waals surface area contributed by atoms with Crippen molar-refractivity contribution >= 4 is 23.3 Å². The van der Waals surface area contributed by atoms with Gasteiger partial charge < -0.3 is 24.8 Å². The molecule has 2 fully saturated rings. The van der Waals surface area contributed by atoms with Gasteiger partial charge in [-0.25, -0.2) is 4.98 Å². The Balaban J connectivity index is 1.57. The second kappa shape index (κ2) is 12.9. The molecule has 1 aromatic carbocycles. The molecule has 0 unspecified atom stereocenters. The Labute approximate surface area is 231 Å². The Bertz CT molecular complexity index is 1260. The summed E-state index contributed by atoms with van der Waals surface area (Å²) in [6, 6.07) is 12.0. The Kier molecular flexibility index (Phi) is 9.33. The van der Waals surface area contributed by atoms with Gasteiger partial charge in [-0.2, -0.15) is 5.26 Å². The first-order chi connectivity index (χ1) is 18.8. The zero-order valence-corrected chi connectivity index (χ0v) is 23.3. The predicted molar refractivity (Wildman–Crippen MR) is 153 cm³/mol. The maximum Gasteiger partial charge on any atom is 0.248 e. The van der Waals surface area contributed by atoms with Gasteiger partial charge in [0.1, 0.15) is 11.9 Å². The molecule has 1 saturated carbocycles. The number of nitriles is 1. The number of nitrogens with one attached hydrogen (secondary N) is 1. The number of hydrogen-bond acceptors (Lipinski definition) is 7. The molecule has 0 bridgehead atoms. The van der Waals surface area contributed by atoms with Crippen LogP contribution in [0.4, 0.5) is 11.5 Å². The van der Waals surface area contributed by atoms with Crippen LogP contribution in [0, 0.1) is 11.3 Å². The van der Waals surface area contributed by atoms with Crippen LogP contribution in [0.1, 0.15) is 43.4 Å². The highest BCUT2D eigenvalue weighted by molar-refractivity contribution is 5.99. The Morgan fingerprint density at radius 2 is 2.05 bits per heavy atom. The van der Waals surface area contributed by atoms with Crippen LogP contribution in [0.2, 0.25) is 0 Å². The number of rotatable bonds is 10. The van der Waals surface area contributed by atoms with Crippen molar-refractivity contribution in [3.63, 3.8) is 0 Å². The number of carbonyl (C=O) groups excluding carboxylic acids is 2. The average Bonchev–Trinajstić information content (AvgIpc) is 3.76. The van der Waals surface area contributed by atoms with Crippen LogP contribution < -0.4 is 10.2 Å². The molecule has 0 spiro atoms. The van der Waals surface area contributed by atoms with E-state index in [1.807, 2.05) is 67.2 Å². The second-order valence-corrected chi connectivity index (χ2v) is 10.5. The van der Waals surface area contributed by atoms with E-state index in [2.05, 4.69) is 16.3 Å². The molecule has 1 atom stereocenters. The molecule has 1 aromatic heterocycles. The van der Waals surface area contributed by atoms with Crippen LogP contribution in [0.3, 0.4) is 0 Å². The number of likely N-dealkylation sites (N-methyl/N-ethyl adjacent to an activating group) is 1. The van der Waals surface area contributed by atoms with Gasteiger partial charge >= 0.3 is 0 Å². The van der Waals surface area contributed by atoms with Crippen molar-refractivity contribution in [3.8, 4) is 17.2 Å². The number of aromatic nitrogens is 1. The highest BCUT2D eigenvalue weighted by Gasteiger charge is 2.33. The van der Waals surface area contributed by atoms with E-state index < -0.39 is 0 Å². The van der Waals surface area contributed by atoms with E-state index >= 15 is 0 Å². The Morgan fingerprint density at radius 1 is 1.26 bits per heavy atom. The zero-order valence-electron chi connectivity index (χ0n) is 23.3. The number of hydrogen-bond donors (Lipinski definition) is 1. The number of anilines is 2. The van der Waals surface area contributed by atoms with Gasteiger partial charge in [0, 0.05) is 62.6 Å². The minimum absolute atomic E-state index is 0.00701. The number of ether oxygens (including phenoxy) is 1. The molecule has 39 heavy (non-hydrogen) atoms. The first kappa shape index (κ1) is 28.3. The summed E-state index contributed by atoms with van der Waals surface area (Å²) in [7, 11) is 5.50. The lowest BCUT2D eigenvalue weighted by atomic mass is 9.98. The van der Waals surface area contributed by atoms with Crippen molar-refractivity contribution in [3.05, 3.63) is 53.7 Å². The van der Waals surface area contributed by atoms with Gasteiger partial charge in [0.2, 0.25) is 11.8 Å². The highest BCUT2D eigenvalue weighted by atomic mass is 16.5. The number of methoxy groups -OCH3 is 1. The van der Waals surface area contributed by atoms with E-state index in [1.54, 1.807) is 13.2 Å². The summed E-state index contributed by atoms with van der Waals surface area (Å²) in [5.41, 5.74) is 4.05. The summed E-state index contributed by atoms with van der Waals surface area (Å²) in [5, 5.41) is 13.0. The number of amides is 2. The Hall–Kier alpha value is -3.74. The quantitative estimate of drug-likeness (QED) is 0.468. The third-order valence-electron chi connectivity index (χ3n) is 7.06. The maximum absolute atomic E-state index is 12.6. The number of piperazine rings is 1. The van der Waals surface area contributed by atoms with Gasteiger partial charge in [0.15, 0.2) is 0 Å².